The molecule has 5 fully saturated rings. The Morgan fingerprint density at radius 3 is 1.20 bits per heavy atom. The summed E-state index contributed by atoms with van der Waals surface area (Å²) in [6, 6.07) is 32.5. The van der Waals surface area contributed by atoms with Gasteiger partial charge in [-0.2, -0.15) is 0 Å². The van der Waals surface area contributed by atoms with Gasteiger partial charge in [-0.25, -0.2) is 0 Å². The van der Waals surface area contributed by atoms with Crippen LogP contribution in [0, 0.1) is 35.5 Å². The maximum absolute atomic E-state index is 8.55. The van der Waals surface area contributed by atoms with Crippen molar-refractivity contribution in [2.45, 2.75) is 171 Å². The van der Waals surface area contributed by atoms with Crippen molar-refractivity contribution in [3.63, 3.8) is 0 Å². The molecule has 6 bridgehead atoms. The van der Waals surface area contributed by atoms with Gasteiger partial charge in [0.1, 0.15) is 45.2 Å². The molecule has 9 atom stereocenters. The van der Waals surface area contributed by atoms with Gasteiger partial charge < -0.3 is 56.8 Å². The third kappa shape index (κ3) is 14.6. The SMILES string of the molecule is c1ccc2c(c1)OCCOCCOc1ccccc1OCC[C@@]1(CCCC3C(CCCC[C@@H]4CCCCCC1CC4)[C@]14COc5ccccc5OCCOCCOc5ccccc5OCC[C@]3(O1)C1CCCCCCC4CC1)OCCO2. The summed E-state index contributed by atoms with van der Waals surface area (Å²) in [5.41, 5.74) is -1.39. The highest BCUT2D eigenvalue weighted by molar-refractivity contribution is 5.42. The minimum atomic E-state index is -0.494. The van der Waals surface area contributed by atoms with Gasteiger partial charge >= 0.3 is 0 Å². The quantitative estimate of drug-likeness (QED) is 0.167. The van der Waals surface area contributed by atoms with Crippen LogP contribution in [0.2, 0.25) is 0 Å². The molecule has 4 aliphatic heterocycles. The molecule has 12 nitrogen and oxygen atoms in total. The molecule has 0 N–H and O–H groups in total. The van der Waals surface area contributed by atoms with E-state index in [0.717, 1.165) is 111 Å². The minimum Gasteiger partial charge on any atom is -0.490 e. The number of fused-ring (bicyclic) bond motifs is 12. The molecule has 4 heterocycles. The second-order valence-electron chi connectivity index (χ2n) is 24.8. The molecule has 82 heavy (non-hydrogen) atoms. The highest BCUT2D eigenvalue weighted by atomic mass is 16.6. The highest BCUT2D eigenvalue weighted by Crippen LogP contribution is 2.64. The van der Waals surface area contributed by atoms with E-state index in [1.165, 1.54) is 83.5 Å². The average Bonchev–Trinajstić information content (AvgIpc) is 3.48. The summed E-state index contributed by atoms with van der Waals surface area (Å²) in [6.45, 7) is 5.82. The van der Waals surface area contributed by atoms with Crippen LogP contribution in [0.25, 0.3) is 0 Å². The molecule has 3 aliphatic carbocycles. The zero-order valence-corrected chi connectivity index (χ0v) is 49.3. The van der Waals surface area contributed by atoms with Crippen LogP contribution in [-0.2, 0) is 18.9 Å². The second-order valence-corrected chi connectivity index (χ2v) is 24.8. The Morgan fingerprint density at radius 2 is 0.659 bits per heavy atom. The Kier molecular flexibility index (Phi) is 21.4. The number of hydrogen-bond acceptors (Lipinski definition) is 12. The molecule has 448 valence electrons. The number of ether oxygens (including phenoxy) is 12. The van der Waals surface area contributed by atoms with Crippen molar-refractivity contribution in [3.05, 3.63) is 97.1 Å². The average molecular weight is 1130 g/mol. The summed E-state index contributed by atoms with van der Waals surface area (Å²) in [5, 5.41) is 0. The van der Waals surface area contributed by atoms with E-state index in [2.05, 4.69) is 24.3 Å². The largest absolute Gasteiger partial charge is 0.490 e. The zero-order valence-electron chi connectivity index (χ0n) is 49.3. The molecular weight excluding hydrogens is 1030 g/mol. The van der Waals surface area contributed by atoms with Gasteiger partial charge in [-0.15, -0.1) is 0 Å². The van der Waals surface area contributed by atoms with Gasteiger partial charge in [0.2, 0.25) is 0 Å². The molecule has 5 unspecified atom stereocenters. The molecule has 0 amide bonds. The van der Waals surface area contributed by atoms with E-state index >= 15 is 0 Å². The Labute approximate surface area is 490 Å². The van der Waals surface area contributed by atoms with Crippen molar-refractivity contribution in [1.82, 2.24) is 0 Å². The lowest BCUT2D eigenvalue weighted by molar-refractivity contribution is -0.176. The van der Waals surface area contributed by atoms with Crippen LogP contribution < -0.4 is 37.9 Å². The number of benzene rings is 4. The maximum Gasteiger partial charge on any atom is 0.161 e. The van der Waals surface area contributed by atoms with E-state index < -0.39 is 16.8 Å². The Balaban J connectivity index is 0.988. The first-order chi connectivity index (χ1) is 40.6. The normalized spacial score (nSPS) is 31.8. The Bertz CT molecular complexity index is 2540. The van der Waals surface area contributed by atoms with Crippen LogP contribution in [-0.4, -0.2) is 103 Å². The molecule has 11 rings (SSSR count). The molecular formula is C70H96O12. The van der Waals surface area contributed by atoms with Crippen LogP contribution in [0.1, 0.15) is 154 Å². The van der Waals surface area contributed by atoms with E-state index in [4.69, 9.17) is 56.8 Å². The van der Waals surface area contributed by atoms with Crippen molar-refractivity contribution in [3.8, 4) is 46.0 Å². The van der Waals surface area contributed by atoms with E-state index in [1.54, 1.807) is 0 Å². The lowest BCUT2D eigenvalue weighted by Gasteiger charge is -2.45. The maximum atomic E-state index is 8.55. The van der Waals surface area contributed by atoms with Crippen molar-refractivity contribution >= 4 is 0 Å². The fourth-order valence-corrected chi connectivity index (χ4v) is 16.1. The first kappa shape index (κ1) is 58.9. The van der Waals surface area contributed by atoms with E-state index in [1.807, 2.05) is 72.8 Å². The number of rotatable bonds is 0. The topological polar surface area (TPSA) is 111 Å². The van der Waals surface area contributed by atoms with Crippen molar-refractivity contribution < 1.29 is 56.8 Å². The van der Waals surface area contributed by atoms with Gasteiger partial charge in [-0.3, -0.25) is 0 Å². The van der Waals surface area contributed by atoms with E-state index in [0.29, 0.717) is 121 Å². The fraction of sp³-hybridized carbons (Fsp3) is 0.657. The summed E-state index contributed by atoms with van der Waals surface area (Å²) in [5.74, 6) is 8.38. The molecule has 0 aromatic heterocycles. The first-order valence-electron chi connectivity index (χ1n) is 32.5. The summed E-state index contributed by atoms with van der Waals surface area (Å²) in [4.78, 5) is 0. The number of para-hydroxylation sites is 8. The first-order valence-corrected chi connectivity index (χ1v) is 32.5. The van der Waals surface area contributed by atoms with E-state index in [-0.39, 0.29) is 5.92 Å². The molecule has 0 radical (unpaired) electrons. The van der Waals surface area contributed by atoms with Crippen molar-refractivity contribution in [2.24, 2.45) is 35.5 Å². The standard InChI is InChI=1S/C70H96O12/c1-2-6-23-57-37-36-56(22-5-1)69-40-42-74-61-27-11-13-29-63(61)76-48-44-72-46-50-78-66-32-16-17-33-67(66)80-53-70(57,82-69)59-24-9-8-20-54-19-4-3-7-21-55(35-34-54)68(38-18-25-58(59)69)39-41-73-60-26-10-12-28-62(60)75-47-43-71-45-49-77-64-30-14-15-31-65(64)79-51-52-81-68/h10-17,26-33,54-59H,1-9,18-25,34-53H2/t54-,55?,56?,57?,58?,59?,68+,69-,70+/m0/s1. The van der Waals surface area contributed by atoms with Gasteiger partial charge in [0.25, 0.3) is 0 Å². The van der Waals surface area contributed by atoms with Crippen LogP contribution in [0.5, 0.6) is 46.0 Å². The molecule has 4 aromatic carbocycles. The molecule has 4 aromatic rings. The smallest absolute Gasteiger partial charge is 0.161 e. The zero-order chi connectivity index (χ0) is 55.5. The lowest BCUT2D eigenvalue weighted by Crippen LogP contribution is -2.49. The molecule has 7 aliphatic rings. The fourth-order valence-electron chi connectivity index (χ4n) is 16.1. The third-order valence-electron chi connectivity index (χ3n) is 20.1. The number of hydrogen-bond donors (Lipinski definition) is 0. The predicted octanol–water partition coefficient (Wildman–Crippen LogP) is 15.3. The Hall–Kier alpha value is -4.88. The summed E-state index contributed by atoms with van der Waals surface area (Å²) >= 11 is 0. The molecule has 1 spiro atoms. The van der Waals surface area contributed by atoms with Crippen LogP contribution in [0.3, 0.4) is 0 Å². The van der Waals surface area contributed by atoms with Crippen LogP contribution in [0.4, 0.5) is 0 Å². The van der Waals surface area contributed by atoms with Gasteiger partial charge in [0, 0.05) is 12.8 Å². The summed E-state index contributed by atoms with van der Waals surface area (Å²) < 4.78 is 81.6. The van der Waals surface area contributed by atoms with E-state index in [9.17, 15) is 0 Å². The van der Waals surface area contributed by atoms with Crippen LogP contribution >= 0.6 is 0 Å². The summed E-state index contributed by atoms with van der Waals surface area (Å²) in [7, 11) is 0. The molecule has 2 saturated heterocycles. The third-order valence-corrected chi connectivity index (χ3v) is 20.1. The van der Waals surface area contributed by atoms with Crippen LogP contribution in [0.15, 0.2) is 97.1 Å². The highest BCUT2D eigenvalue weighted by Gasteiger charge is 2.67. The molecule has 3 saturated carbocycles. The second kappa shape index (κ2) is 29.8. The van der Waals surface area contributed by atoms with Gasteiger partial charge in [-0.05, 0) is 142 Å². The lowest BCUT2D eigenvalue weighted by atomic mass is 9.58. The van der Waals surface area contributed by atoms with Gasteiger partial charge in [0.15, 0.2) is 46.0 Å². The van der Waals surface area contributed by atoms with Gasteiger partial charge in [-0.1, -0.05) is 132 Å². The van der Waals surface area contributed by atoms with Crippen molar-refractivity contribution in [1.29, 1.82) is 0 Å². The Morgan fingerprint density at radius 1 is 0.280 bits per heavy atom. The summed E-state index contributed by atoms with van der Waals surface area (Å²) in [6.07, 6.45) is 27.7. The minimum absolute atomic E-state index is 0.282. The van der Waals surface area contributed by atoms with Gasteiger partial charge in [0.05, 0.1) is 57.5 Å². The monoisotopic (exact) mass is 1130 g/mol. The predicted molar refractivity (Wildman–Crippen MR) is 318 cm³/mol. The van der Waals surface area contributed by atoms with Crippen molar-refractivity contribution in [2.75, 3.05) is 85.9 Å². The molecule has 12 heteroatoms.